The van der Waals surface area contributed by atoms with Crippen LogP contribution in [0.4, 0.5) is 5.82 Å². The van der Waals surface area contributed by atoms with Crippen LogP contribution in [-0.2, 0) is 4.74 Å². The van der Waals surface area contributed by atoms with E-state index in [1.54, 1.807) is 11.8 Å². The molecule has 5 rings (SSSR count). The van der Waals surface area contributed by atoms with Crippen molar-refractivity contribution in [2.24, 2.45) is 11.1 Å². The van der Waals surface area contributed by atoms with E-state index in [0.29, 0.717) is 0 Å². The minimum absolute atomic E-state index is 0.114. The fraction of sp³-hybridized carbons (Fsp3) is 0.455. The van der Waals surface area contributed by atoms with Gasteiger partial charge in [0.2, 0.25) is 0 Å². The number of rotatable bonds is 4. The maximum atomic E-state index is 6.69. The number of nitrogens with one attached hydrogen (secondary N) is 1. The van der Waals surface area contributed by atoms with Crippen LogP contribution in [0.25, 0.3) is 5.70 Å². The Morgan fingerprint density at radius 2 is 2.13 bits per heavy atom. The van der Waals surface area contributed by atoms with Crippen molar-refractivity contribution in [3.8, 4) is 0 Å². The predicted molar refractivity (Wildman–Crippen MR) is 128 cm³/mol. The molecule has 3 aliphatic rings. The first-order chi connectivity index (χ1) is 15.1. The lowest BCUT2D eigenvalue weighted by atomic mass is 9.73. The van der Waals surface area contributed by atoms with E-state index in [2.05, 4.69) is 32.5 Å². The first-order valence-corrected chi connectivity index (χ1v) is 12.8. The molecule has 0 radical (unpaired) electrons. The number of hydrogen-bond donors (Lipinski definition) is 2. The highest BCUT2D eigenvalue weighted by Gasteiger charge is 2.47. The minimum Gasteiger partial charge on any atom is -0.376 e. The maximum absolute atomic E-state index is 6.69. The normalized spacial score (nSPS) is 25.0. The van der Waals surface area contributed by atoms with E-state index < -0.39 is 0 Å². The topological polar surface area (TPSA) is 76.3 Å². The third-order valence-electron chi connectivity index (χ3n) is 6.56. The van der Waals surface area contributed by atoms with Crippen molar-refractivity contribution in [2.75, 3.05) is 30.5 Å². The Morgan fingerprint density at radius 3 is 2.77 bits per heavy atom. The van der Waals surface area contributed by atoms with E-state index in [9.17, 15) is 0 Å². The summed E-state index contributed by atoms with van der Waals surface area (Å²) in [6.07, 6.45) is 5.90. The molecule has 1 spiro atoms. The summed E-state index contributed by atoms with van der Waals surface area (Å²) in [5.74, 6) is 1.79. The van der Waals surface area contributed by atoms with Gasteiger partial charge in [-0.2, -0.15) is 0 Å². The van der Waals surface area contributed by atoms with Gasteiger partial charge in [-0.25, -0.2) is 9.97 Å². The highest BCUT2D eigenvalue weighted by atomic mass is 35.5. The second kappa shape index (κ2) is 8.83. The summed E-state index contributed by atoms with van der Waals surface area (Å²) in [5, 5.41) is 7.04. The van der Waals surface area contributed by atoms with E-state index in [0.717, 1.165) is 70.4 Å². The van der Waals surface area contributed by atoms with Gasteiger partial charge in [-0.1, -0.05) is 35.5 Å². The van der Waals surface area contributed by atoms with Gasteiger partial charge in [0.05, 0.1) is 41.7 Å². The number of ether oxygens (including phenoxy) is 1. The Hall–Kier alpha value is -1.45. The molecule has 2 atom stereocenters. The van der Waals surface area contributed by atoms with Gasteiger partial charge in [-0.3, -0.25) is 0 Å². The molecule has 6 nitrogen and oxygen atoms in total. The molecule has 3 N–H and O–H groups in total. The number of thioether (sulfide) groups is 1. The maximum Gasteiger partial charge on any atom is 0.147 e. The number of anilines is 1. The summed E-state index contributed by atoms with van der Waals surface area (Å²) in [5.41, 5.74) is 8.64. The molecule has 2 fully saturated rings. The van der Waals surface area contributed by atoms with Crippen LogP contribution in [-0.4, -0.2) is 47.7 Å². The Kier molecular flexibility index (Phi) is 6.09. The number of nitrogens with zero attached hydrogens (tertiary/aromatic N) is 3. The lowest BCUT2D eigenvalue weighted by Crippen LogP contribution is -2.50. The molecule has 31 heavy (non-hydrogen) atoms. The molecular weight excluding hydrogens is 450 g/mol. The lowest BCUT2D eigenvalue weighted by molar-refractivity contribution is 0.0974. The molecule has 0 amide bonds. The van der Waals surface area contributed by atoms with Crippen molar-refractivity contribution in [3.05, 3.63) is 46.6 Å². The Morgan fingerprint density at radius 1 is 1.29 bits per heavy atom. The zero-order valence-electron chi connectivity index (χ0n) is 17.4. The fourth-order valence-corrected chi connectivity index (χ4v) is 6.36. The summed E-state index contributed by atoms with van der Waals surface area (Å²) in [6.45, 7) is 4.71. The van der Waals surface area contributed by atoms with E-state index >= 15 is 0 Å². The average molecular weight is 476 g/mol. The molecule has 1 aromatic heterocycles. The summed E-state index contributed by atoms with van der Waals surface area (Å²) in [7, 11) is 0. The van der Waals surface area contributed by atoms with Crippen molar-refractivity contribution in [1.82, 2.24) is 15.3 Å². The third-order valence-corrected chi connectivity index (χ3v) is 8.77. The van der Waals surface area contributed by atoms with E-state index in [-0.39, 0.29) is 17.6 Å². The van der Waals surface area contributed by atoms with Gasteiger partial charge in [-0.15, -0.1) is 11.8 Å². The molecular formula is C22H26ClN5OS2. The van der Waals surface area contributed by atoms with Crippen LogP contribution in [0.3, 0.4) is 0 Å². The van der Waals surface area contributed by atoms with Crippen LogP contribution in [0.15, 0.2) is 45.9 Å². The number of piperidine rings is 1. The summed E-state index contributed by atoms with van der Waals surface area (Å²) < 4.78 is 5.83. The zero-order chi connectivity index (χ0) is 21.4. The van der Waals surface area contributed by atoms with Gasteiger partial charge in [-0.05, 0) is 31.2 Å². The first kappa shape index (κ1) is 21.4. The molecule has 164 valence electrons. The van der Waals surface area contributed by atoms with Crippen molar-refractivity contribution >= 4 is 46.6 Å². The van der Waals surface area contributed by atoms with Crippen LogP contribution < -0.4 is 16.0 Å². The average Bonchev–Trinajstić information content (AvgIpc) is 3.42. The van der Waals surface area contributed by atoms with E-state index in [4.69, 9.17) is 22.1 Å². The molecule has 0 saturated carbocycles. The molecule has 0 bridgehead atoms. The Balaban J connectivity index is 1.25. The van der Waals surface area contributed by atoms with Crippen LogP contribution in [0.1, 0.15) is 25.3 Å². The second-order valence-electron chi connectivity index (χ2n) is 8.34. The summed E-state index contributed by atoms with van der Waals surface area (Å²) in [4.78, 5) is 12.6. The predicted octanol–water partition coefficient (Wildman–Crippen LogP) is 4.21. The van der Waals surface area contributed by atoms with Gasteiger partial charge in [0.15, 0.2) is 0 Å². The largest absolute Gasteiger partial charge is 0.376 e. The lowest BCUT2D eigenvalue weighted by Gasteiger charge is -2.41. The summed E-state index contributed by atoms with van der Waals surface area (Å²) in [6, 6.07) is 6.21. The molecule has 3 aliphatic heterocycles. The number of halogens is 1. The van der Waals surface area contributed by atoms with E-state index in [1.165, 1.54) is 11.8 Å². The van der Waals surface area contributed by atoms with Crippen molar-refractivity contribution in [3.63, 3.8) is 0 Å². The van der Waals surface area contributed by atoms with Gasteiger partial charge in [0.25, 0.3) is 0 Å². The Bertz CT molecular complexity index is 978. The number of benzene rings is 1. The Labute approximate surface area is 196 Å². The van der Waals surface area contributed by atoms with Crippen LogP contribution >= 0.6 is 35.1 Å². The standard InChI is InChI=1S/C22H26ClN5OS2/c1-14-21(24)22(12-29-14)5-7-28(8-6-22)18-9-26-19(10-25-18)31-17-4-2-3-15(20(17)23)16-11-30-13-27-16/h2-4,9-11,14,21,27H,5-8,12-13,24H2,1H3/t14-,21+/m0/s1. The zero-order valence-corrected chi connectivity index (χ0v) is 19.8. The van der Waals surface area contributed by atoms with Gasteiger partial charge in [0, 0.05) is 35.0 Å². The van der Waals surface area contributed by atoms with Gasteiger partial charge < -0.3 is 20.7 Å². The van der Waals surface area contributed by atoms with Crippen molar-refractivity contribution in [1.29, 1.82) is 0 Å². The molecule has 0 aliphatic carbocycles. The molecule has 2 saturated heterocycles. The molecule has 9 heteroatoms. The van der Waals surface area contributed by atoms with E-state index in [1.807, 2.05) is 30.6 Å². The molecule has 2 aromatic rings. The number of hydrogen-bond acceptors (Lipinski definition) is 8. The molecule has 0 unspecified atom stereocenters. The number of aromatic nitrogens is 2. The molecule has 4 heterocycles. The monoisotopic (exact) mass is 475 g/mol. The minimum atomic E-state index is 0.114. The van der Waals surface area contributed by atoms with Crippen LogP contribution in [0.5, 0.6) is 0 Å². The van der Waals surface area contributed by atoms with Crippen molar-refractivity contribution < 1.29 is 4.74 Å². The molecule has 1 aromatic carbocycles. The first-order valence-electron chi connectivity index (χ1n) is 10.5. The SMILES string of the molecule is C[C@@H]1OCC2(CCN(c3cnc(Sc4cccc(C5=CSCN5)c4Cl)cn3)CC2)[C@@H]1N. The van der Waals surface area contributed by atoms with Crippen LogP contribution in [0, 0.1) is 5.41 Å². The second-order valence-corrected chi connectivity index (χ2v) is 10.6. The highest BCUT2D eigenvalue weighted by molar-refractivity contribution is 8.02. The highest BCUT2D eigenvalue weighted by Crippen LogP contribution is 2.42. The van der Waals surface area contributed by atoms with Crippen molar-refractivity contribution in [2.45, 2.75) is 41.8 Å². The van der Waals surface area contributed by atoms with Crippen LogP contribution in [0.2, 0.25) is 5.02 Å². The fourth-order valence-electron chi connectivity index (χ4n) is 4.53. The smallest absolute Gasteiger partial charge is 0.147 e. The summed E-state index contributed by atoms with van der Waals surface area (Å²) >= 11 is 9.96. The van der Waals surface area contributed by atoms with Gasteiger partial charge >= 0.3 is 0 Å². The number of nitrogens with two attached hydrogens (primary N) is 1. The third kappa shape index (κ3) is 4.16. The van der Waals surface area contributed by atoms with Gasteiger partial charge in [0.1, 0.15) is 10.8 Å². The quantitative estimate of drug-likeness (QED) is 0.681.